The van der Waals surface area contributed by atoms with Crippen LogP contribution in [0.2, 0.25) is 0 Å². The molecule has 0 radical (unpaired) electrons. The van der Waals surface area contributed by atoms with Crippen molar-refractivity contribution < 1.29 is 14.6 Å². The normalized spacial score (nSPS) is 17.4. The molecule has 134 valence electrons. The Morgan fingerprint density at radius 1 is 1.36 bits per heavy atom. The van der Waals surface area contributed by atoms with Gasteiger partial charge in [0.2, 0.25) is 0 Å². The van der Waals surface area contributed by atoms with Crippen molar-refractivity contribution in [3.05, 3.63) is 47.8 Å². The molecule has 1 aliphatic rings. The second-order valence-electron chi connectivity index (χ2n) is 6.40. The summed E-state index contributed by atoms with van der Waals surface area (Å²) in [5, 5.41) is 16.6. The minimum Gasteiger partial charge on any atom is -0.396 e. The smallest absolute Gasteiger partial charge is 0.272 e. The van der Waals surface area contributed by atoms with Crippen LogP contribution in [0.1, 0.15) is 35.3 Å². The molecule has 25 heavy (non-hydrogen) atoms. The first kappa shape index (κ1) is 17.6. The third kappa shape index (κ3) is 4.67. The lowest BCUT2D eigenvalue weighted by atomic mass is 10.0. The van der Waals surface area contributed by atoms with Gasteiger partial charge in [-0.05, 0) is 43.7 Å². The van der Waals surface area contributed by atoms with Crippen molar-refractivity contribution in [2.45, 2.75) is 25.7 Å². The highest BCUT2D eigenvalue weighted by Gasteiger charge is 2.20. The quantitative estimate of drug-likeness (QED) is 0.806. The van der Waals surface area contributed by atoms with E-state index in [1.165, 1.54) is 0 Å². The molecule has 2 N–H and O–H groups in total. The van der Waals surface area contributed by atoms with Gasteiger partial charge in [0, 0.05) is 31.5 Å². The van der Waals surface area contributed by atoms with Gasteiger partial charge >= 0.3 is 0 Å². The maximum Gasteiger partial charge on any atom is 0.272 e. The molecule has 1 aromatic carbocycles. The fourth-order valence-electron chi connectivity index (χ4n) is 3.06. The monoisotopic (exact) mass is 343 g/mol. The number of aromatic nitrogens is 2. The van der Waals surface area contributed by atoms with E-state index in [1.54, 1.807) is 4.68 Å². The summed E-state index contributed by atoms with van der Waals surface area (Å²) in [6, 6.07) is 9.72. The molecular weight excluding hydrogens is 318 g/mol. The van der Waals surface area contributed by atoms with Crippen molar-refractivity contribution in [1.82, 2.24) is 15.1 Å². The van der Waals surface area contributed by atoms with Crippen molar-refractivity contribution in [2.24, 2.45) is 5.92 Å². The SMILES string of the molecule is O=C(NC[C@H]1CCCOC1)c1nn(-c2ccccc2)cc1CCCO. The lowest BCUT2D eigenvalue weighted by Crippen LogP contribution is -2.33. The second-order valence-corrected chi connectivity index (χ2v) is 6.40. The molecule has 2 aromatic rings. The Bertz CT molecular complexity index is 678. The summed E-state index contributed by atoms with van der Waals surface area (Å²) in [6.07, 6.45) is 5.24. The first-order valence-electron chi connectivity index (χ1n) is 8.88. The van der Waals surface area contributed by atoms with Crippen molar-refractivity contribution in [3.63, 3.8) is 0 Å². The molecule has 2 heterocycles. The fourth-order valence-corrected chi connectivity index (χ4v) is 3.06. The van der Waals surface area contributed by atoms with E-state index in [0.717, 1.165) is 30.7 Å². The number of aliphatic hydroxyl groups excluding tert-OH is 1. The van der Waals surface area contributed by atoms with Crippen molar-refractivity contribution in [3.8, 4) is 5.69 Å². The highest BCUT2D eigenvalue weighted by Crippen LogP contribution is 2.16. The van der Waals surface area contributed by atoms with Crippen LogP contribution < -0.4 is 5.32 Å². The van der Waals surface area contributed by atoms with Gasteiger partial charge in [-0.1, -0.05) is 18.2 Å². The molecule has 1 atom stereocenters. The molecule has 0 aliphatic carbocycles. The molecule has 1 saturated heterocycles. The third-order valence-corrected chi connectivity index (χ3v) is 4.44. The average molecular weight is 343 g/mol. The maximum absolute atomic E-state index is 12.6. The van der Waals surface area contributed by atoms with Gasteiger partial charge in [-0.25, -0.2) is 4.68 Å². The van der Waals surface area contributed by atoms with Crippen LogP contribution in [0.5, 0.6) is 0 Å². The number of nitrogens with one attached hydrogen (secondary N) is 1. The number of amides is 1. The number of carbonyl (C=O) groups is 1. The molecule has 1 aliphatic heterocycles. The van der Waals surface area contributed by atoms with Crippen molar-refractivity contribution >= 4 is 5.91 Å². The summed E-state index contributed by atoms with van der Waals surface area (Å²) in [5.41, 5.74) is 2.21. The van der Waals surface area contributed by atoms with Crippen LogP contribution in [-0.4, -0.2) is 47.2 Å². The molecule has 6 heteroatoms. The number of carbonyl (C=O) groups excluding carboxylic acids is 1. The standard InChI is InChI=1S/C19H25N3O3/c23-10-4-7-16-13-22(17-8-2-1-3-9-17)21-18(16)19(24)20-12-15-6-5-11-25-14-15/h1-3,8-9,13,15,23H,4-7,10-12,14H2,(H,20,24)/t15-/m1/s1. The number of ether oxygens (including phenoxy) is 1. The van der Waals surface area contributed by atoms with E-state index in [1.807, 2.05) is 36.5 Å². The summed E-state index contributed by atoms with van der Waals surface area (Å²) in [7, 11) is 0. The van der Waals surface area contributed by atoms with Gasteiger partial charge in [-0.2, -0.15) is 5.10 Å². The number of aliphatic hydroxyl groups is 1. The van der Waals surface area contributed by atoms with Gasteiger partial charge < -0.3 is 15.2 Å². The Hall–Kier alpha value is -2.18. The van der Waals surface area contributed by atoms with Crippen LogP contribution >= 0.6 is 0 Å². The number of benzene rings is 1. The minimum absolute atomic E-state index is 0.0942. The van der Waals surface area contributed by atoms with Gasteiger partial charge in [-0.15, -0.1) is 0 Å². The summed E-state index contributed by atoms with van der Waals surface area (Å²) in [4.78, 5) is 12.6. The van der Waals surface area contributed by atoms with Gasteiger partial charge in [0.15, 0.2) is 5.69 Å². The van der Waals surface area contributed by atoms with Crippen LogP contribution in [0.15, 0.2) is 36.5 Å². The molecule has 0 unspecified atom stereocenters. The highest BCUT2D eigenvalue weighted by atomic mass is 16.5. The van der Waals surface area contributed by atoms with Crippen molar-refractivity contribution in [2.75, 3.05) is 26.4 Å². The van der Waals surface area contributed by atoms with E-state index in [9.17, 15) is 4.79 Å². The van der Waals surface area contributed by atoms with Crippen LogP contribution in [0, 0.1) is 5.92 Å². The molecule has 0 bridgehead atoms. The zero-order valence-electron chi connectivity index (χ0n) is 14.4. The average Bonchev–Trinajstić information content (AvgIpc) is 3.10. The predicted molar refractivity (Wildman–Crippen MR) is 94.8 cm³/mol. The van der Waals surface area contributed by atoms with Gasteiger partial charge in [0.25, 0.3) is 5.91 Å². The Morgan fingerprint density at radius 3 is 2.92 bits per heavy atom. The van der Waals surface area contributed by atoms with Gasteiger partial charge in [-0.3, -0.25) is 4.79 Å². The zero-order chi connectivity index (χ0) is 17.5. The number of rotatable bonds is 7. The Labute approximate surface area is 147 Å². The lowest BCUT2D eigenvalue weighted by Gasteiger charge is -2.22. The molecule has 1 aromatic heterocycles. The summed E-state index contributed by atoms with van der Waals surface area (Å²) >= 11 is 0. The van der Waals surface area contributed by atoms with E-state index in [-0.39, 0.29) is 12.5 Å². The molecule has 0 saturated carbocycles. The number of nitrogens with zero attached hydrogens (tertiary/aromatic N) is 2. The zero-order valence-corrected chi connectivity index (χ0v) is 14.4. The fraction of sp³-hybridized carbons (Fsp3) is 0.474. The van der Waals surface area contributed by atoms with Crippen LogP contribution in [0.4, 0.5) is 0 Å². The van der Waals surface area contributed by atoms with Gasteiger partial charge in [0.1, 0.15) is 0 Å². The minimum atomic E-state index is -0.159. The largest absolute Gasteiger partial charge is 0.396 e. The first-order chi connectivity index (χ1) is 12.3. The molecular formula is C19H25N3O3. The Balaban J connectivity index is 1.73. The lowest BCUT2D eigenvalue weighted by molar-refractivity contribution is 0.0535. The van der Waals surface area contributed by atoms with Crippen molar-refractivity contribution in [1.29, 1.82) is 0 Å². The summed E-state index contributed by atoms with van der Waals surface area (Å²) in [6.45, 7) is 2.22. The summed E-state index contributed by atoms with van der Waals surface area (Å²) in [5.74, 6) is 0.211. The topological polar surface area (TPSA) is 76.4 Å². The van der Waals surface area contributed by atoms with E-state index in [2.05, 4.69) is 10.4 Å². The van der Waals surface area contributed by atoms with E-state index in [4.69, 9.17) is 9.84 Å². The molecule has 3 rings (SSSR count). The van der Waals surface area contributed by atoms with E-state index >= 15 is 0 Å². The highest BCUT2D eigenvalue weighted by molar-refractivity contribution is 5.93. The van der Waals surface area contributed by atoms with E-state index in [0.29, 0.717) is 37.6 Å². The Morgan fingerprint density at radius 2 is 2.20 bits per heavy atom. The van der Waals surface area contributed by atoms with Crippen LogP contribution in [-0.2, 0) is 11.2 Å². The number of aryl methyl sites for hydroxylation is 1. The molecule has 1 amide bonds. The van der Waals surface area contributed by atoms with Crippen LogP contribution in [0.25, 0.3) is 5.69 Å². The van der Waals surface area contributed by atoms with Crippen LogP contribution in [0.3, 0.4) is 0 Å². The number of hydrogen-bond acceptors (Lipinski definition) is 4. The first-order valence-corrected chi connectivity index (χ1v) is 8.88. The summed E-state index contributed by atoms with van der Waals surface area (Å²) < 4.78 is 7.19. The second kappa shape index (κ2) is 8.78. The number of para-hydroxylation sites is 1. The molecule has 0 spiro atoms. The predicted octanol–water partition coefficient (Wildman–Crippen LogP) is 1.95. The van der Waals surface area contributed by atoms with Gasteiger partial charge in [0.05, 0.1) is 12.3 Å². The number of hydrogen-bond donors (Lipinski definition) is 2. The maximum atomic E-state index is 12.6. The van der Waals surface area contributed by atoms with E-state index < -0.39 is 0 Å². The third-order valence-electron chi connectivity index (χ3n) is 4.44. The molecule has 6 nitrogen and oxygen atoms in total. The Kier molecular flexibility index (Phi) is 6.19. The molecule has 1 fully saturated rings.